The molecule has 0 aromatic heterocycles. The van der Waals surface area contributed by atoms with Crippen molar-refractivity contribution >= 4 is 11.6 Å². The van der Waals surface area contributed by atoms with Crippen molar-refractivity contribution in [3.05, 3.63) is 53.8 Å². The summed E-state index contributed by atoms with van der Waals surface area (Å²) in [5.41, 5.74) is 0.932. The van der Waals surface area contributed by atoms with Gasteiger partial charge in [-0.15, -0.1) is 0 Å². The van der Waals surface area contributed by atoms with Gasteiger partial charge in [0, 0.05) is 5.69 Å². The third-order valence-electron chi connectivity index (χ3n) is 3.26. The Hall–Kier alpha value is -2.56. The summed E-state index contributed by atoms with van der Waals surface area (Å²) in [6, 6.07) is 11.6. The van der Waals surface area contributed by atoms with E-state index in [4.69, 9.17) is 9.47 Å². The lowest BCUT2D eigenvalue weighted by atomic mass is 10.2. The summed E-state index contributed by atoms with van der Waals surface area (Å²) in [7, 11) is 0. The van der Waals surface area contributed by atoms with Crippen molar-refractivity contribution in [3.8, 4) is 11.5 Å². The van der Waals surface area contributed by atoms with Gasteiger partial charge in [0.1, 0.15) is 17.3 Å². The van der Waals surface area contributed by atoms with Crippen LogP contribution in [-0.2, 0) is 4.79 Å². The second kappa shape index (κ2) is 7.63. The van der Waals surface area contributed by atoms with E-state index in [2.05, 4.69) is 5.32 Å². The smallest absolute Gasteiger partial charge is 0.265 e. The zero-order chi connectivity index (χ0) is 16.8. The van der Waals surface area contributed by atoms with Gasteiger partial charge in [0.25, 0.3) is 5.91 Å². The maximum atomic E-state index is 13.5. The van der Waals surface area contributed by atoms with E-state index in [-0.39, 0.29) is 11.7 Å². The highest BCUT2D eigenvalue weighted by Gasteiger charge is 2.15. The van der Waals surface area contributed by atoms with Crippen molar-refractivity contribution < 1.29 is 18.7 Å². The normalized spacial score (nSPS) is 11.7. The van der Waals surface area contributed by atoms with Crippen molar-refractivity contribution in [1.29, 1.82) is 0 Å². The molecule has 0 spiro atoms. The van der Waals surface area contributed by atoms with E-state index >= 15 is 0 Å². The van der Waals surface area contributed by atoms with Gasteiger partial charge in [0.15, 0.2) is 6.10 Å². The van der Waals surface area contributed by atoms with E-state index in [0.29, 0.717) is 23.6 Å². The Morgan fingerprint density at radius 1 is 1.17 bits per heavy atom. The summed E-state index contributed by atoms with van der Waals surface area (Å²) in [6.45, 7) is 5.80. The first-order chi connectivity index (χ1) is 11.0. The van der Waals surface area contributed by atoms with Crippen LogP contribution in [0.15, 0.2) is 42.5 Å². The average molecular weight is 317 g/mol. The fourth-order valence-corrected chi connectivity index (χ4v) is 1.95. The third kappa shape index (κ3) is 4.71. The van der Waals surface area contributed by atoms with Gasteiger partial charge in [-0.05, 0) is 62.7 Å². The molecule has 1 atom stereocenters. The van der Waals surface area contributed by atoms with Gasteiger partial charge in [-0.25, -0.2) is 4.39 Å². The Morgan fingerprint density at radius 2 is 1.83 bits per heavy atom. The minimum atomic E-state index is -0.711. The molecule has 0 aliphatic carbocycles. The fraction of sp³-hybridized carbons (Fsp3) is 0.278. The Kier molecular flexibility index (Phi) is 5.57. The minimum absolute atomic E-state index is 0.345. The fourth-order valence-electron chi connectivity index (χ4n) is 1.95. The van der Waals surface area contributed by atoms with Crippen LogP contribution in [-0.4, -0.2) is 18.6 Å². The molecular formula is C18H20FNO3. The molecule has 1 N–H and O–H groups in total. The Labute approximate surface area is 135 Å². The second-order valence-electron chi connectivity index (χ2n) is 5.12. The molecule has 2 aromatic rings. The summed E-state index contributed by atoms with van der Waals surface area (Å²) in [4.78, 5) is 12.1. The number of rotatable bonds is 6. The number of nitrogens with one attached hydrogen (secondary N) is 1. The molecule has 0 fully saturated rings. The van der Waals surface area contributed by atoms with Crippen molar-refractivity contribution in [3.63, 3.8) is 0 Å². The van der Waals surface area contributed by atoms with Gasteiger partial charge in [-0.2, -0.15) is 0 Å². The summed E-state index contributed by atoms with van der Waals surface area (Å²) in [5, 5.41) is 2.63. The lowest BCUT2D eigenvalue weighted by molar-refractivity contribution is -0.122. The summed E-state index contributed by atoms with van der Waals surface area (Å²) < 4.78 is 24.4. The van der Waals surface area contributed by atoms with Crippen molar-refractivity contribution in [2.45, 2.75) is 26.9 Å². The van der Waals surface area contributed by atoms with E-state index in [1.54, 1.807) is 50.2 Å². The van der Waals surface area contributed by atoms with Crippen LogP contribution >= 0.6 is 0 Å². The molecule has 4 nitrogen and oxygen atoms in total. The number of ether oxygens (including phenoxy) is 2. The maximum Gasteiger partial charge on any atom is 0.265 e. The molecule has 2 aromatic carbocycles. The molecule has 122 valence electrons. The van der Waals surface area contributed by atoms with E-state index in [9.17, 15) is 9.18 Å². The Bertz CT molecular complexity index is 670. The quantitative estimate of drug-likeness (QED) is 0.878. The zero-order valence-corrected chi connectivity index (χ0v) is 13.4. The predicted molar refractivity (Wildman–Crippen MR) is 87.5 cm³/mol. The molecule has 0 radical (unpaired) electrons. The standard InChI is InChI=1S/C18H20FNO3/c1-4-22-15-7-9-16(10-8-15)23-13(3)18(21)20-14-6-5-12(2)17(19)11-14/h5-11,13H,4H2,1-3H3,(H,20,21)/t13-/m1/s1. The molecule has 5 heteroatoms. The van der Waals surface area contributed by atoms with Crippen molar-refractivity contribution in [2.24, 2.45) is 0 Å². The van der Waals surface area contributed by atoms with Gasteiger partial charge >= 0.3 is 0 Å². The van der Waals surface area contributed by atoms with Crippen LogP contribution in [0.5, 0.6) is 11.5 Å². The Balaban J connectivity index is 1.95. The van der Waals surface area contributed by atoms with Crippen LogP contribution in [0.4, 0.5) is 10.1 Å². The molecule has 0 saturated carbocycles. The molecule has 0 unspecified atom stereocenters. The van der Waals surface area contributed by atoms with Crippen LogP contribution in [0.3, 0.4) is 0 Å². The molecular weight excluding hydrogens is 297 g/mol. The first-order valence-electron chi connectivity index (χ1n) is 7.46. The van der Waals surface area contributed by atoms with Crippen LogP contribution in [0.1, 0.15) is 19.4 Å². The van der Waals surface area contributed by atoms with Gasteiger partial charge in [-0.1, -0.05) is 6.07 Å². The van der Waals surface area contributed by atoms with E-state index in [0.717, 1.165) is 5.75 Å². The first-order valence-corrected chi connectivity index (χ1v) is 7.46. The summed E-state index contributed by atoms with van der Waals surface area (Å²) >= 11 is 0. The summed E-state index contributed by atoms with van der Waals surface area (Å²) in [5.74, 6) is 0.600. The average Bonchev–Trinajstić information content (AvgIpc) is 2.53. The maximum absolute atomic E-state index is 13.5. The van der Waals surface area contributed by atoms with Crippen LogP contribution < -0.4 is 14.8 Å². The van der Waals surface area contributed by atoms with E-state index < -0.39 is 6.10 Å². The summed E-state index contributed by atoms with van der Waals surface area (Å²) in [6.07, 6.45) is -0.711. The predicted octanol–water partition coefficient (Wildman–Crippen LogP) is 3.94. The molecule has 0 heterocycles. The lowest BCUT2D eigenvalue weighted by Gasteiger charge is -2.15. The van der Waals surface area contributed by atoms with Crippen molar-refractivity contribution in [2.75, 3.05) is 11.9 Å². The molecule has 0 saturated heterocycles. The molecule has 0 bridgehead atoms. The zero-order valence-electron chi connectivity index (χ0n) is 13.4. The largest absolute Gasteiger partial charge is 0.494 e. The van der Waals surface area contributed by atoms with Gasteiger partial charge in [-0.3, -0.25) is 4.79 Å². The number of anilines is 1. The number of halogens is 1. The SMILES string of the molecule is CCOc1ccc(O[C@H](C)C(=O)Nc2ccc(C)c(F)c2)cc1. The monoisotopic (exact) mass is 317 g/mol. The highest BCUT2D eigenvalue weighted by molar-refractivity contribution is 5.94. The van der Waals surface area contributed by atoms with Crippen LogP contribution in [0, 0.1) is 12.7 Å². The number of amides is 1. The number of hydrogen-bond acceptors (Lipinski definition) is 3. The minimum Gasteiger partial charge on any atom is -0.494 e. The molecule has 0 aliphatic rings. The van der Waals surface area contributed by atoms with E-state index in [1.807, 2.05) is 6.92 Å². The number of aryl methyl sites for hydroxylation is 1. The Morgan fingerprint density at radius 3 is 2.43 bits per heavy atom. The molecule has 23 heavy (non-hydrogen) atoms. The number of benzene rings is 2. The molecule has 2 rings (SSSR count). The number of carbonyl (C=O) groups is 1. The molecule has 0 aliphatic heterocycles. The van der Waals surface area contributed by atoms with E-state index in [1.165, 1.54) is 6.07 Å². The molecule has 1 amide bonds. The van der Waals surface area contributed by atoms with Crippen LogP contribution in [0.2, 0.25) is 0 Å². The number of carbonyl (C=O) groups excluding carboxylic acids is 1. The third-order valence-corrected chi connectivity index (χ3v) is 3.26. The second-order valence-corrected chi connectivity index (χ2v) is 5.12. The van der Waals surface area contributed by atoms with Gasteiger partial charge in [0.05, 0.1) is 6.61 Å². The van der Waals surface area contributed by atoms with Crippen LogP contribution in [0.25, 0.3) is 0 Å². The highest BCUT2D eigenvalue weighted by Crippen LogP contribution is 2.19. The first kappa shape index (κ1) is 16.8. The topological polar surface area (TPSA) is 47.6 Å². The highest BCUT2D eigenvalue weighted by atomic mass is 19.1. The van der Waals surface area contributed by atoms with Gasteiger partial charge in [0.2, 0.25) is 0 Å². The van der Waals surface area contributed by atoms with Gasteiger partial charge < -0.3 is 14.8 Å². The lowest BCUT2D eigenvalue weighted by Crippen LogP contribution is -2.30. The number of hydrogen-bond donors (Lipinski definition) is 1. The van der Waals surface area contributed by atoms with Crippen molar-refractivity contribution in [1.82, 2.24) is 0 Å².